The van der Waals surface area contributed by atoms with E-state index in [-0.39, 0.29) is 5.91 Å². The summed E-state index contributed by atoms with van der Waals surface area (Å²) in [6.07, 6.45) is 1.97. The lowest BCUT2D eigenvalue weighted by atomic mass is 9.89. The van der Waals surface area contributed by atoms with Gasteiger partial charge in [-0.3, -0.25) is 4.79 Å². The van der Waals surface area contributed by atoms with Crippen molar-refractivity contribution in [2.45, 2.75) is 12.5 Å². The maximum absolute atomic E-state index is 12.5. The molecule has 0 N–H and O–H groups in total. The predicted octanol–water partition coefficient (Wildman–Crippen LogP) is 2.60. The number of ether oxygens (including phenoxy) is 1. The number of fused-ring (bicyclic) bond motifs is 2. The number of hydrogen-bond acceptors (Lipinski definition) is 2. The highest BCUT2D eigenvalue weighted by atomic mass is 79.9. The zero-order valence-electron chi connectivity index (χ0n) is 9.66. The lowest BCUT2D eigenvalue weighted by molar-refractivity contribution is -0.135. The molecule has 1 amide bonds. The van der Waals surface area contributed by atoms with Gasteiger partial charge in [0.05, 0.1) is 12.3 Å². The number of anilines is 1. The first kappa shape index (κ1) is 11.0. The van der Waals surface area contributed by atoms with Gasteiger partial charge in [0, 0.05) is 17.1 Å². The Hall–Kier alpha value is -1.13. The van der Waals surface area contributed by atoms with Crippen molar-refractivity contribution in [3.8, 4) is 0 Å². The third-order valence-corrected chi connectivity index (χ3v) is 4.04. The number of rotatable bonds is 0. The number of likely N-dealkylation sites (N-methyl/N-ethyl adjacent to an activating group) is 1. The van der Waals surface area contributed by atoms with E-state index in [1.165, 1.54) is 0 Å². The number of halogens is 1. The Morgan fingerprint density at radius 3 is 2.88 bits per heavy atom. The second-order valence-corrected chi connectivity index (χ2v) is 5.32. The number of benzene rings is 1. The van der Waals surface area contributed by atoms with E-state index in [9.17, 15) is 4.79 Å². The Bertz CT molecular complexity index is 552. The molecule has 4 heteroatoms. The van der Waals surface area contributed by atoms with Gasteiger partial charge < -0.3 is 9.64 Å². The van der Waals surface area contributed by atoms with Crippen LogP contribution in [-0.4, -0.2) is 19.6 Å². The summed E-state index contributed by atoms with van der Waals surface area (Å²) >= 11 is 3.45. The monoisotopic (exact) mass is 293 g/mol. The summed E-state index contributed by atoms with van der Waals surface area (Å²) in [7, 11) is 1.79. The smallest absolute Gasteiger partial charge is 0.268 e. The summed E-state index contributed by atoms with van der Waals surface area (Å²) in [6, 6.07) is 5.86. The number of nitrogens with zero attached hydrogens (tertiary/aromatic N) is 1. The molecule has 2 aliphatic heterocycles. The Kier molecular flexibility index (Phi) is 2.22. The van der Waals surface area contributed by atoms with Gasteiger partial charge in [-0.25, -0.2) is 0 Å². The van der Waals surface area contributed by atoms with Gasteiger partial charge in [-0.15, -0.1) is 0 Å². The molecule has 0 radical (unpaired) electrons. The molecule has 3 rings (SSSR count). The van der Waals surface area contributed by atoms with E-state index < -0.39 is 5.60 Å². The van der Waals surface area contributed by atoms with Crippen molar-refractivity contribution in [2.24, 2.45) is 0 Å². The van der Waals surface area contributed by atoms with Crippen LogP contribution in [0.25, 0.3) is 0 Å². The van der Waals surface area contributed by atoms with Crippen molar-refractivity contribution in [3.05, 3.63) is 39.9 Å². The average molecular weight is 294 g/mol. The highest BCUT2D eigenvalue weighted by Crippen LogP contribution is 2.49. The van der Waals surface area contributed by atoms with Gasteiger partial charge >= 0.3 is 0 Å². The number of carbonyl (C=O) groups excluding carboxylic acids is 1. The molecule has 0 saturated carbocycles. The van der Waals surface area contributed by atoms with E-state index in [1.54, 1.807) is 11.9 Å². The minimum atomic E-state index is -0.881. The molecule has 0 fully saturated rings. The van der Waals surface area contributed by atoms with Gasteiger partial charge in [0.2, 0.25) is 0 Å². The number of carbonyl (C=O) groups is 1. The molecule has 1 spiro atoms. The highest BCUT2D eigenvalue weighted by Gasteiger charge is 2.54. The van der Waals surface area contributed by atoms with Crippen LogP contribution < -0.4 is 4.90 Å². The largest absolute Gasteiger partial charge is 0.352 e. The highest BCUT2D eigenvalue weighted by molar-refractivity contribution is 9.10. The maximum Gasteiger partial charge on any atom is 0.268 e. The van der Waals surface area contributed by atoms with E-state index in [1.807, 2.05) is 31.2 Å². The average Bonchev–Trinajstić information content (AvgIpc) is 2.77. The minimum absolute atomic E-state index is 0.00292. The van der Waals surface area contributed by atoms with Crippen LogP contribution in [0.1, 0.15) is 12.5 Å². The summed E-state index contributed by atoms with van der Waals surface area (Å²) in [5, 5.41) is 0. The van der Waals surface area contributed by atoms with Crippen LogP contribution in [0.5, 0.6) is 0 Å². The van der Waals surface area contributed by atoms with E-state index in [0.29, 0.717) is 6.61 Å². The van der Waals surface area contributed by atoms with E-state index in [0.717, 1.165) is 21.3 Å². The normalized spacial score (nSPS) is 26.6. The lowest BCUT2D eigenvalue weighted by Gasteiger charge is -2.24. The van der Waals surface area contributed by atoms with Crippen molar-refractivity contribution in [1.82, 2.24) is 0 Å². The van der Waals surface area contributed by atoms with Crippen molar-refractivity contribution >= 4 is 27.5 Å². The van der Waals surface area contributed by atoms with Crippen molar-refractivity contribution in [3.63, 3.8) is 0 Å². The van der Waals surface area contributed by atoms with E-state index in [2.05, 4.69) is 15.9 Å². The quantitative estimate of drug-likeness (QED) is 0.688. The summed E-state index contributed by atoms with van der Waals surface area (Å²) in [4.78, 5) is 14.1. The molecular weight excluding hydrogens is 282 g/mol. The van der Waals surface area contributed by atoms with E-state index >= 15 is 0 Å². The van der Waals surface area contributed by atoms with Gasteiger partial charge in [-0.2, -0.15) is 0 Å². The molecular formula is C13H12BrNO2. The molecule has 1 aromatic rings. The first-order valence-electron chi connectivity index (χ1n) is 5.47. The summed E-state index contributed by atoms with van der Waals surface area (Å²) in [6.45, 7) is 2.45. The third kappa shape index (κ3) is 1.22. The Morgan fingerprint density at radius 1 is 1.47 bits per heavy atom. The fourth-order valence-corrected chi connectivity index (χ4v) is 2.97. The van der Waals surface area contributed by atoms with Gasteiger partial charge in [-0.1, -0.05) is 22.0 Å². The van der Waals surface area contributed by atoms with Crippen LogP contribution in [-0.2, 0) is 15.1 Å². The SMILES string of the molecule is CC1=CCOC12C(=O)N(C)c1ccc(Br)cc12. The molecule has 0 aliphatic carbocycles. The molecule has 3 nitrogen and oxygen atoms in total. The zero-order chi connectivity index (χ0) is 12.2. The van der Waals surface area contributed by atoms with Crippen LogP contribution in [0.2, 0.25) is 0 Å². The summed E-state index contributed by atoms with van der Waals surface area (Å²) < 4.78 is 6.73. The van der Waals surface area contributed by atoms with E-state index in [4.69, 9.17) is 4.74 Å². The van der Waals surface area contributed by atoms with Crippen molar-refractivity contribution in [1.29, 1.82) is 0 Å². The van der Waals surface area contributed by atoms with Gasteiger partial charge in [0.15, 0.2) is 5.60 Å². The Labute approximate surface area is 108 Å². The lowest BCUT2D eigenvalue weighted by Crippen LogP contribution is -2.39. The van der Waals surface area contributed by atoms with Gasteiger partial charge in [-0.05, 0) is 30.7 Å². The van der Waals surface area contributed by atoms with Crippen molar-refractivity contribution < 1.29 is 9.53 Å². The van der Waals surface area contributed by atoms with Crippen LogP contribution in [0, 0.1) is 0 Å². The topological polar surface area (TPSA) is 29.5 Å². The van der Waals surface area contributed by atoms with Crippen molar-refractivity contribution in [2.75, 3.05) is 18.6 Å². The second-order valence-electron chi connectivity index (χ2n) is 4.40. The van der Waals surface area contributed by atoms with Crippen LogP contribution in [0.15, 0.2) is 34.3 Å². The third-order valence-electron chi connectivity index (χ3n) is 3.55. The fourth-order valence-electron chi connectivity index (χ4n) is 2.61. The molecule has 0 aromatic heterocycles. The maximum atomic E-state index is 12.5. The molecule has 88 valence electrons. The van der Waals surface area contributed by atoms with Gasteiger partial charge in [0.1, 0.15) is 0 Å². The second kappa shape index (κ2) is 3.43. The van der Waals surface area contributed by atoms with Crippen LogP contribution >= 0.6 is 15.9 Å². The Balaban J connectivity index is 2.30. The first-order valence-corrected chi connectivity index (χ1v) is 6.26. The summed E-state index contributed by atoms with van der Waals surface area (Å²) in [5.41, 5.74) is 1.96. The van der Waals surface area contributed by atoms with Crippen LogP contribution in [0.3, 0.4) is 0 Å². The molecule has 1 aromatic carbocycles. The molecule has 0 saturated heterocycles. The molecule has 0 bridgehead atoms. The Morgan fingerprint density at radius 2 is 2.24 bits per heavy atom. The summed E-state index contributed by atoms with van der Waals surface area (Å²) in [5.74, 6) is -0.00292. The first-order chi connectivity index (χ1) is 8.07. The van der Waals surface area contributed by atoms with Gasteiger partial charge in [0.25, 0.3) is 5.91 Å². The zero-order valence-corrected chi connectivity index (χ0v) is 11.2. The molecule has 2 heterocycles. The fraction of sp³-hybridized carbons (Fsp3) is 0.308. The number of hydrogen-bond donors (Lipinski definition) is 0. The molecule has 1 unspecified atom stereocenters. The van der Waals surface area contributed by atoms with Crippen LogP contribution in [0.4, 0.5) is 5.69 Å². The predicted molar refractivity (Wildman–Crippen MR) is 68.9 cm³/mol. The number of amides is 1. The minimum Gasteiger partial charge on any atom is -0.352 e. The molecule has 2 aliphatic rings. The standard InChI is InChI=1S/C13H12BrNO2/c1-8-5-6-17-13(8)10-7-9(14)3-4-11(10)15(2)12(13)16/h3-5,7H,6H2,1-2H3. The molecule has 1 atom stereocenters. The molecule has 17 heavy (non-hydrogen) atoms.